The Morgan fingerprint density at radius 2 is 1.80 bits per heavy atom. The highest BCUT2D eigenvalue weighted by molar-refractivity contribution is 5.92. The van der Waals surface area contributed by atoms with Gasteiger partial charge in [0.1, 0.15) is 23.1 Å². The van der Waals surface area contributed by atoms with E-state index in [1.807, 2.05) is 0 Å². The zero-order valence-electron chi connectivity index (χ0n) is 13.3. The Labute approximate surface area is 142 Å². The molecule has 1 saturated carbocycles. The van der Waals surface area contributed by atoms with Crippen molar-refractivity contribution < 1.29 is 18.3 Å². The van der Waals surface area contributed by atoms with Crippen LogP contribution in [0.5, 0.6) is 5.75 Å². The van der Waals surface area contributed by atoms with Gasteiger partial charge in [-0.3, -0.25) is 9.59 Å². The standard InChI is InChI=1S/C17H17F2N3O3/c18-10-5-11(19)7-14(6-10)25-13-3-1-12(2-4-13)22-17(24)15-8-16(23)21-9-20-15/h5-9,12-13H,1-4H2,(H,22,24)(H,20,21,23). The molecule has 8 heteroatoms. The smallest absolute Gasteiger partial charge is 0.270 e. The summed E-state index contributed by atoms with van der Waals surface area (Å²) >= 11 is 0. The number of aromatic nitrogens is 2. The van der Waals surface area contributed by atoms with Crippen molar-refractivity contribution in [3.05, 3.63) is 58.3 Å². The first-order valence-electron chi connectivity index (χ1n) is 7.98. The van der Waals surface area contributed by atoms with Crippen LogP contribution in [-0.2, 0) is 0 Å². The lowest BCUT2D eigenvalue weighted by Gasteiger charge is -2.29. The normalized spacial score (nSPS) is 20.1. The number of nitrogens with zero attached hydrogens (tertiary/aromatic N) is 1. The van der Waals surface area contributed by atoms with Crippen molar-refractivity contribution in [1.82, 2.24) is 15.3 Å². The minimum atomic E-state index is -0.679. The van der Waals surface area contributed by atoms with Gasteiger partial charge in [-0.15, -0.1) is 0 Å². The fourth-order valence-corrected chi connectivity index (χ4v) is 2.87. The molecule has 1 heterocycles. The summed E-state index contributed by atoms with van der Waals surface area (Å²) < 4.78 is 32.0. The first kappa shape index (κ1) is 17.1. The average Bonchev–Trinajstić information content (AvgIpc) is 2.56. The molecule has 25 heavy (non-hydrogen) atoms. The summed E-state index contributed by atoms with van der Waals surface area (Å²) in [6.07, 6.45) is 3.64. The van der Waals surface area contributed by atoms with Crippen molar-refractivity contribution in [3.63, 3.8) is 0 Å². The van der Waals surface area contributed by atoms with E-state index in [2.05, 4.69) is 15.3 Å². The van der Waals surface area contributed by atoms with Gasteiger partial charge in [0, 0.05) is 30.3 Å². The number of aromatic amines is 1. The van der Waals surface area contributed by atoms with Gasteiger partial charge >= 0.3 is 0 Å². The van der Waals surface area contributed by atoms with Crippen LogP contribution in [0.2, 0.25) is 0 Å². The quantitative estimate of drug-likeness (QED) is 0.886. The van der Waals surface area contributed by atoms with Gasteiger partial charge in [0.2, 0.25) is 0 Å². The van der Waals surface area contributed by atoms with E-state index in [0.29, 0.717) is 25.7 Å². The summed E-state index contributed by atoms with van der Waals surface area (Å²) in [6.45, 7) is 0. The Balaban J connectivity index is 1.51. The molecule has 1 aliphatic carbocycles. The van der Waals surface area contributed by atoms with E-state index in [4.69, 9.17) is 4.74 Å². The molecule has 0 aliphatic heterocycles. The van der Waals surface area contributed by atoms with Crippen LogP contribution < -0.4 is 15.6 Å². The molecule has 3 rings (SSSR count). The zero-order chi connectivity index (χ0) is 17.8. The number of carbonyl (C=O) groups excluding carboxylic acids is 1. The summed E-state index contributed by atoms with van der Waals surface area (Å²) in [5.41, 5.74) is -0.322. The first-order chi connectivity index (χ1) is 12.0. The third kappa shape index (κ3) is 4.62. The van der Waals surface area contributed by atoms with Crippen LogP contribution in [0.3, 0.4) is 0 Å². The third-order valence-electron chi connectivity index (χ3n) is 4.06. The Morgan fingerprint density at radius 1 is 1.12 bits per heavy atom. The number of rotatable bonds is 4. The molecule has 0 bridgehead atoms. The van der Waals surface area contributed by atoms with Crippen molar-refractivity contribution in [1.29, 1.82) is 0 Å². The molecular weight excluding hydrogens is 332 g/mol. The van der Waals surface area contributed by atoms with Gasteiger partial charge < -0.3 is 15.0 Å². The van der Waals surface area contributed by atoms with E-state index in [-0.39, 0.29) is 29.1 Å². The van der Waals surface area contributed by atoms with Gasteiger partial charge in [-0.05, 0) is 25.7 Å². The maximum atomic E-state index is 13.2. The maximum absolute atomic E-state index is 13.2. The summed E-state index contributed by atoms with van der Waals surface area (Å²) in [5, 5.41) is 2.84. The molecule has 6 nitrogen and oxygen atoms in total. The molecule has 1 aromatic heterocycles. The summed E-state index contributed by atoms with van der Waals surface area (Å²) in [4.78, 5) is 29.5. The van der Waals surface area contributed by atoms with Gasteiger partial charge in [-0.2, -0.15) is 0 Å². The maximum Gasteiger partial charge on any atom is 0.270 e. The number of H-pyrrole nitrogens is 1. The van der Waals surface area contributed by atoms with E-state index in [1.165, 1.54) is 6.33 Å². The van der Waals surface area contributed by atoms with E-state index < -0.39 is 17.5 Å². The predicted molar refractivity (Wildman–Crippen MR) is 85.4 cm³/mol. The van der Waals surface area contributed by atoms with E-state index in [0.717, 1.165) is 24.3 Å². The highest BCUT2D eigenvalue weighted by Gasteiger charge is 2.24. The summed E-state index contributed by atoms with van der Waals surface area (Å²) in [6, 6.07) is 4.17. The topological polar surface area (TPSA) is 84.1 Å². The monoisotopic (exact) mass is 349 g/mol. The molecule has 0 unspecified atom stereocenters. The minimum Gasteiger partial charge on any atom is -0.490 e. The molecule has 2 N–H and O–H groups in total. The van der Waals surface area contributed by atoms with E-state index in [9.17, 15) is 18.4 Å². The number of carbonyl (C=O) groups is 1. The second-order valence-corrected chi connectivity index (χ2v) is 5.97. The van der Waals surface area contributed by atoms with E-state index >= 15 is 0 Å². The Morgan fingerprint density at radius 3 is 2.44 bits per heavy atom. The van der Waals surface area contributed by atoms with Gasteiger partial charge in [-0.1, -0.05) is 0 Å². The Kier molecular flexibility index (Phi) is 5.06. The van der Waals surface area contributed by atoms with Crippen LogP contribution in [-0.4, -0.2) is 28.0 Å². The molecule has 1 aliphatic rings. The highest BCUT2D eigenvalue weighted by Crippen LogP contribution is 2.25. The van der Waals surface area contributed by atoms with Gasteiger partial charge in [0.05, 0.1) is 12.4 Å². The van der Waals surface area contributed by atoms with Crippen molar-refractivity contribution in [3.8, 4) is 5.75 Å². The third-order valence-corrected chi connectivity index (χ3v) is 4.06. The number of hydrogen-bond acceptors (Lipinski definition) is 4. The molecule has 0 spiro atoms. The second-order valence-electron chi connectivity index (χ2n) is 5.97. The lowest BCUT2D eigenvalue weighted by Crippen LogP contribution is -2.40. The molecule has 132 valence electrons. The van der Waals surface area contributed by atoms with Crippen molar-refractivity contribution >= 4 is 5.91 Å². The van der Waals surface area contributed by atoms with Crippen LogP contribution in [0.1, 0.15) is 36.2 Å². The lowest BCUT2D eigenvalue weighted by atomic mass is 9.93. The fourth-order valence-electron chi connectivity index (χ4n) is 2.87. The average molecular weight is 349 g/mol. The SMILES string of the molecule is O=C(NC1CCC(Oc2cc(F)cc(F)c2)CC1)c1cc(=O)[nH]cn1. The predicted octanol–water partition coefficient (Wildman–Crippen LogP) is 2.17. The van der Waals surface area contributed by atoms with Crippen LogP contribution >= 0.6 is 0 Å². The van der Waals surface area contributed by atoms with Gasteiger partial charge in [-0.25, -0.2) is 13.8 Å². The fraction of sp³-hybridized carbons (Fsp3) is 0.353. The van der Waals surface area contributed by atoms with Crippen LogP contribution in [0, 0.1) is 11.6 Å². The molecular formula is C17H17F2N3O3. The molecule has 1 fully saturated rings. The van der Waals surface area contributed by atoms with Crippen LogP contribution in [0.15, 0.2) is 35.4 Å². The highest BCUT2D eigenvalue weighted by atomic mass is 19.1. The Hall–Kier alpha value is -2.77. The number of halogens is 2. The summed E-state index contributed by atoms with van der Waals surface area (Å²) in [5.74, 6) is -1.59. The minimum absolute atomic E-state index is 0.0577. The first-order valence-corrected chi connectivity index (χ1v) is 7.98. The number of ether oxygens (including phenoxy) is 1. The number of amides is 1. The van der Waals surface area contributed by atoms with Crippen molar-refractivity contribution in [2.45, 2.75) is 37.8 Å². The Bertz CT molecular complexity index is 797. The number of hydrogen-bond donors (Lipinski definition) is 2. The molecule has 1 amide bonds. The molecule has 2 aromatic rings. The van der Waals surface area contributed by atoms with Gasteiger partial charge in [0.25, 0.3) is 11.5 Å². The lowest BCUT2D eigenvalue weighted by molar-refractivity contribution is 0.0888. The molecule has 0 saturated heterocycles. The van der Waals surface area contributed by atoms with Gasteiger partial charge in [0.15, 0.2) is 0 Å². The van der Waals surface area contributed by atoms with Crippen molar-refractivity contribution in [2.75, 3.05) is 0 Å². The van der Waals surface area contributed by atoms with Crippen LogP contribution in [0.25, 0.3) is 0 Å². The summed E-state index contributed by atoms with van der Waals surface area (Å²) in [7, 11) is 0. The van der Waals surface area contributed by atoms with Crippen LogP contribution in [0.4, 0.5) is 8.78 Å². The zero-order valence-corrected chi connectivity index (χ0v) is 13.3. The van der Waals surface area contributed by atoms with Crippen molar-refractivity contribution in [2.24, 2.45) is 0 Å². The molecule has 1 aromatic carbocycles. The largest absolute Gasteiger partial charge is 0.490 e. The second kappa shape index (κ2) is 7.42. The number of benzene rings is 1. The van der Waals surface area contributed by atoms with E-state index in [1.54, 1.807) is 0 Å². The molecule has 0 radical (unpaired) electrons. The number of nitrogens with one attached hydrogen (secondary N) is 2. The molecule has 0 atom stereocenters.